The van der Waals surface area contributed by atoms with Crippen molar-refractivity contribution in [3.63, 3.8) is 0 Å². The van der Waals surface area contributed by atoms with E-state index in [0.29, 0.717) is 12.3 Å². The highest BCUT2D eigenvalue weighted by Gasteiger charge is 2.49. The van der Waals surface area contributed by atoms with Gasteiger partial charge < -0.3 is 10.0 Å². The van der Waals surface area contributed by atoms with Crippen molar-refractivity contribution < 1.29 is 14.7 Å². The molecule has 0 aliphatic heterocycles. The van der Waals surface area contributed by atoms with E-state index in [2.05, 4.69) is 13.8 Å². The van der Waals surface area contributed by atoms with Crippen molar-refractivity contribution in [1.29, 1.82) is 0 Å². The Bertz CT molecular complexity index is 275. The monoisotopic (exact) mass is 213 g/mol. The van der Waals surface area contributed by atoms with Gasteiger partial charge >= 0.3 is 5.97 Å². The lowest BCUT2D eigenvalue weighted by atomic mass is 10.0. The minimum Gasteiger partial charge on any atom is -0.481 e. The summed E-state index contributed by atoms with van der Waals surface area (Å²) >= 11 is 0. The molecule has 0 aromatic rings. The lowest BCUT2D eigenvalue weighted by Crippen LogP contribution is -2.39. The maximum atomic E-state index is 11.8. The summed E-state index contributed by atoms with van der Waals surface area (Å²) in [5.74, 6) is -1.21. The predicted molar refractivity (Wildman–Crippen MR) is 56.3 cm³/mol. The van der Waals surface area contributed by atoms with Crippen LogP contribution in [0.3, 0.4) is 0 Å². The molecule has 1 N–H and O–H groups in total. The molecule has 15 heavy (non-hydrogen) atoms. The first kappa shape index (κ1) is 12.0. The summed E-state index contributed by atoms with van der Waals surface area (Å²) in [7, 11) is 1.75. The van der Waals surface area contributed by atoms with Crippen LogP contribution in [0.5, 0.6) is 0 Å². The van der Waals surface area contributed by atoms with E-state index in [0.717, 1.165) is 0 Å². The van der Waals surface area contributed by atoms with Crippen LogP contribution in [0.1, 0.15) is 27.2 Å². The zero-order chi connectivity index (χ0) is 11.7. The largest absolute Gasteiger partial charge is 0.481 e. The SMILES string of the molecule is CC(C)C(C)N(C)C(=O)[C@@H]1C[C@@H]1C(=O)O. The first-order valence-electron chi connectivity index (χ1n) is 5.35. The van der Waals surface area contributed by atoms with Gasteiger partial charge in [-0.1, -0.05) is 13.8 Å². The second-order valence-corrected chi connectivity index (χ2v) is 4.72. The number of rotatable bonds is 4. The maximum Gasteiger partial charge on any atom is 0.307 e. The van der Waals surface area contributed by atoms with Gasteiger partial charge in [0.2, 0.25) is 5.91 Å². The third-order valence-corrected chi connectivity index (χ3v) is 3.35. The van der Waals surface area contributed by atoms with Crippen LogP contribution in [-0.2, 0) is 9.59 Å². The molecule has 1 amide bonds. The molecule has 1 saturated carbocycles. The van der Waals surface area contributed by atoms with Crippen LogP contribution in [0.4, 0.5) is 0 Å². The summed E-state index contributed by atoms with van der Waals surface area (Å²) < 4.78 is 0. The Morgan fingerprint density at radius 2 is 1.80 bits per heavy atom. The highest BCUT2D eigenvalue weighted by atomic mass is 16.4. The molecule has 4 heteroatoms. The highest BCUT2D eigenvalue weighted by molar-refractivity contribution is 5.89. The fraction of sp³-hybridized carbons (Fsp3) is 0.818. The summed E-state index contributed by atoms with van der Waals surface area (Å²) in [6.07, 6.45) is 0.503. The second-order valence-electron chi connectivity index (χ2n) is 4.72. The molecule has 0 aromatic heterocycles. The van der Waals surface area contributed by atoms with Crippen molar-refractivity contribution in [2.75, 3.05) is 7.05 Å². The first-order valence-corrected chi connectivity index (χ1v) is 5.35. The number of amides is 1. The zero-order valence-electron chi connectivity index (χ0n) is 9.73. The van der Waals surface area contributed by atoms with Gasteiger partial charge in [0, 0.05) is 13.1 Å². The van der Waals surface area contributed by atoms with Crippen LogP contribution in [0.15, 0.2) is 0 Å². The van der Waals surface area contributed by atoms with Crippen molar-refractivity contribution >= 4 is 11.9 Å². The number of carbonyl (C=O) groups is 2. The minimum absolute atomic E-state index is 0.0244. The third kappa shape index (κ3) is 2.49. The second kappa shape index (κ2) is 4.21. The van der Waals surface area contributed by atoms with Gasteiger partial charge in [0.15, 0.2) is 0 Å². The fourth-order valence-electron chi connectivity index (χ4n) is 1.65. The molecule has 0 heterocycles. The van der Waals surface area contributed by atoms with Crippen molar-refractivity contribution in [1.82, 2.24) is 4.90 Å². The van der Waals surface area contributed by atoms with Crippen LogP contribution in [0.25, 0.3) is 0 Å². The van der Waals surface area contributed by atoms with E-state index in [9.17, 15) is 9.59 Å². The van der Waals surface area contributed by atoms with E-state index in [-0.39, 0.29) is 17.9 Å². The van der Waals surface area contributed by atoms with E-state index < -0.39 is 11.9 Å². The van der Waals surface area contributed by atoms with Gasteiger partial charge in [-0.25, -0.2) is 0 Å². The Labute approximate surface area is 90.3 Å². The molecule has 86 valence electrons. The van der Waals surface area contributed by atoms with Gasteiger partial charge in [0.1, 0.15) is 0 Å². The molecule has 0 aromatic carbocycles. The summed E-state index contributed by atoms with van der Waals surface area (Å²) in [5.41, 5.74) is 0. The molecule has 0 saturated heterocycles. The quantitative estimate of drug-likeness (QED) is 0.763. The fourth-order valence-corrected chi connectivity index (χ4v) is 1.65. The van der Waals surface area contributed by atoms with E-state index in [1.54, 1.807) is 11.9 Å². The Hall–Kier alpha value is -1.06. The number of carboxylic acids is 1. The Morgan fingerprint density at radius 3 is 2.13 bits per heavy atom. The topological polar surface area (TPSA) is 57.6 Å². The number of carboxylic acid groups (broad SMARTS) is 1. The lowest BCUT2D eigenvalue weighted by Gasteiger charge is -2.28. The van der Waals surface area contributed by atoms with E-state index in [4.69, 9.17) is 5.11 Å². The molecule has 0 bridgehead atoms. The van der Waals surface area contributed by atoms with Gasteiger partial charge in [-0.15, -0.1) is 0 Å². The number of carbonyl (C=O) groups excluding carboxylic acids is 1. The van der Waals surface area contributed by atoms with Crippen LogP contribution in [-0.4, -0.2) is 35.0 Å². The van der Waals surface area contributed by atoms with Crippen molar-refractivity contribution in [2.24, 2.45) is 17.8 Å². The molecule has 1 unspecified atom stereocenters. The molecule has 3 atom stereocenters. The summed E-state index contributed by atoms with van der Waals surface area (Å²) in [6, 6.07) is 0.160. The molecular weight excluding hydrogens is 194 g/mol. The molecule has 4 nitrogen and oxygen atoms in total. The number of hydrogen-bond donors (Lipinski definition) is 1. The Kier molecular flexibility index (Phi) is 3.37. The number of hydrogen-bond acceptors (Lipinski definition) is 2. The van der Waals surface area contributed by atoms with Gasteiger partial charge in [-0.2, -0.15) is 0 Å². The molecule has 0 spiro atoms. The van der Waals surface area contributed by atoms with Crippen LogP contribution < -0.4 is 0 Å². The number of nitrogens with zero attached hydrogens (tertiary/aromatic N) is 1. The summed E-state index contributed by atoms with van der Waals surface area (Å²) in [6.45, 7) is 6.09. The Morgan fingerprint density at radius 1 is 1.27 bits per heavy atom. The predicted octanol–water partition coefficient (Wildman–Crippen LogP) is 1.21. The van der Waals surface area contributed by atoms with E-state index >= 15 is 0 Å². The zero-order valence-corrected chi connectivity index (χ0v) is 9.73. The molecule has 1 rings (SSSR count). The molecule has 1 fully saturated rings. The summed E-state index contributed by atoms with van der Waals surface area (Å²) in [5, 5.41) is 8.73. The standard InChI is InChI=1S/C11H19NO3/c1-6(2)7(3)12(4)10(13)8-5-9(8)11(14)15/h6-9H,5H2,1-4H3,(H,14,15)/t7?,8-,9+/m1/s1. The lowest BCUT2D eigenvalue weighted by molar-refractivity contribution is -0.142. The van der Waals surface area contributed by atoms with Gasteiger partial charge in [-0.05, 0) is 19.3 Å². The van der Waals surface area contributed by atoms with E-state index in [1.807, 2.05) is 6.92 Å². The third-order valence-electron chi connectivity index (χ3n) is 3.35. The highest BCUT2D eigenvalue weighted by Crippen LogP contribution is 2.40. The molecule has 0 radical (unpaired) electrons. The molecule has 1 aliphatic rings. The first-order chi connectivity index (χ1) is 6.86. The van der Waals surface area contributed by atoms with Crippen molar-refractivity contribution in [3.8, 4) is 0 Å². The van der Waals surface area contributed by atoms with Crippen molar-refractivity contribution in [3.05, 3.63) is 0 Å². The van der Waals surface area contributed by atoms with Crippen LogP contribution in [0, 0.1) is 17.8 Å². The molecule has 1 aliphatic carbocycles. The van der Waals surface area contributed by atoms with Crippen molar-refractivity contribution in [2.45, 2.75) is 33.2 Å². The van der Waals surface area contributed by atoms with Gasteiger partial charge in [0.05, 0.1) is 11.8 Å². The average Bonchev–Trinajstić information content (AvgIpc) is 2.93. The van der Waals surface area contributed by atoms with E-state index in [1.165, 1.54) is 0 Å². The maximum absolute atomic E-state index is 11.8. The number of aliphatic carboxylic acids is 1. The average molecular weight is 213 g/mol. The minimum atomic E-state index is -0.848. The van der Waals surface area contributed by atoms with Gasteiger partial charge in [-0.3, -0.25) is 9.59 Å². The van der Waals surface area contributed by atoms with Crippen LogP contribution in [0.2, 0.25) is 0 Å². The smallest absolute Gasteiger partial charge is 0.307 e. The van der Waals surface area contributed by atoms with Crippen LogP contribution >= 0.6 is 0 Å². The normalized spacial score (nSPS) is 26.2. The molecular formula is C11H19NO3. The van der Waals surface area contributed by atoms with Gasteiger partial charge in [0.25, 0.3) is 0 Å². The Balaban J connectivity index is 2.52. The summed E-state index contributed by atoms with van der Waals surface area (Å²) in [4.78, 5) is 24.1.